The molecule has 2 aliphatic rings. The fourth-order valence-corrected chi connectivity index (χ4v) is 8.86. The highest BCUT2D eigenvalue weighted by molar-refractivity contribution is 5.94. The summed E-state index contributed by atoms with van der Waals surface area (Å²) in [5.74, 6) is -0.612. The molecular formula is C47H60N8O3. The topological polar surface area (TPSA) is 137 Å². The summed E-state index contributed by atoms with van der Waals surface area (Å²) in [6, 6.07) is 24.5. The van der Waals surface area contributed by atoms with Crippen LogP contribution in [0, 0.1) is 0 Å². The highest BCUT2D eigenvalue weighted by Gasteiger charge is 2.44. The van der Waals surface area contributed by atoms with Gasteiger partial charge in [-0.2, -0.15) is 0 Å². The standard InChI is InChI=1S/C47H60N8O3/c1-3-4-6-15-33-23-25-34(26-24-33)16-13-14-29-54-32-42(52-53-54)44(35-17-7-5-8-18-35)51-46(57)43-28-27-37-19-9-11-22-40(47(58)55(37)43)50-45(56)41(48-2)30-36-31-49-39-21-12-10-20-38(36)39/h5,7-8,10,12,17-18,20-21,23-26,31-32,37,40-41,43-44,48-49H,3-4,6,9,11,13-16,19,22,27-30H2,1-2H3,(H,50,56)(H,51,57)/t37-,40-,41-,43-,44-/m0/s1. The van der Waals surface area contributed by atoms with E-state index >= 15 is 0 Å². The lowest BCUT2D eigenvalue weighted by atomic mass is 9.98. The molecule has 5 atom stereocenters. The lowest BCUT2D eigenvalue weighted by molar-refractivity contribution is -0.144. The highest BCUT2D eigenvalue weighted by Crippen LogP contribution is 2.32. The van der Waals surface area contributed by atoms with Crippen molar-refractivity contribution in [3.8, 4) is 0 Å². The minimum atomic E-state index is -0.706. The van der Waals surface area contributed by atoms with E-state index in [4.69, 9.17) is 0 Å². The predicted molar refractivity (Wildman–Crippen MR) is 228 cm³/mol. The Morgan fingerprint density at radius 2 is 1.59 bits per heavy atom. The molecule has 2 aliphatic heterocycles. The monoisotopic (exact) mass is 784 g/mol. The number of likely N-dealkylation sites (N-methyl/N-ethyl adjacent to an activating group) is 1. The summed E-state index contributed by atoms with van der Waals surface area (Å²) in [5.41, 5.74) is 6.38. The van der Waals surface area contributed by atoms with Gasteiger partial charge in [0, 0.05) is 29.7 Å². The highest BCUT2D eigenvalue weighted by atomic mass is 16.2. The SMILES string of the molecule is CCCCCc1ccc(CCCCn2cc([C@@H](NC(=O)[C@@H]3CC[C@@H]4CCCC[C@H](NC(=O)[C@H](Cc5c[nH]c6ccccc56)NC)C(=O)N43)c3ccccc3)nn2)cc1. The van der Waals surface area contributed by atoms with Crippen LogP contribution in [0.3, 0.4) is 0 Å². The Hall–Kier alpha value is -5.29. The minimum Gasteiger partial charge on any atom is -0.361 e. The number of amides is 3. The largest absolute Gasteiger partial charge is 0.361 e. The molecule has 7 rings (SSSR count). The van der Waals surface area contributed by atoms with Crippen molar-refractivity contribution in [2.45, 2.75) is 134 Å². The molecule has 2 fully saturated rings. The summed E-state index contributed by atoms with van der Waals surface area (Å²) in [4.78, 5) is 47.6. The Bertz CT molecular complexity index is 2090. The number of H-pyrrole nitrogens is 1. The number of carbonyl (C=O) groups excluding carboxylic acids is 3. The van der Waals surface area contributed by atoms with Crippen molar-refractivity contribution < 1.29 is 14.4 Å². The molecule has 58 heavy (non-hydrogen) atoms. The quantitative estimate of drug-likeness (QED) is 0.0709. The Balaban J connectivity index is 0.985. The fourth-order valence-electron chi connectivity index (χ4n) is 8.86. The molecule has 0 unspecified atom stereocenters. The molecule has 4 heterocycles. The number of benzene rings is 3. The summed E-state index contributed by atoms with van der Waals surface area (Å²) >= 11 is 0. The van der Waals surface area contributed by atoms with E-state index < -0.39 is 24.2 Å². The molecule has 4 N–H and O–H groups in total. The van der Waals surface area contributed by atoms with Crippen molar-refractivity contribution in [1.29, 1.82) is 0 Å². The average molecular weight is 785 g/mol. The van der Waals surface area contributed by atoms with Gasteiger partial charge in [0.15, 0.2) is 0 Å². The van der Waals surface area contributed by atoms with Crippen molar-refractivity contribution in [1.82, 2.24) is 40.8 Å². The number of aromatic nitrogens is 4. The van der Waals surface area contributed by atoms with E-state index in [1.165, 1.54) is 30.4 Å². The fraction of sp³-hybridized carbons (Fsp3) is 0.468. The molecule has 11 heteroatoms. The molecule has 0 bridgehead atoms. The van der Waals surface area contributed by atoms with E-state index in [1.54, 1.807) is 11.9 Å². The van der Waals surface area contributed by atoms with Gasteiger partial charge in [0.05, 0.1) is 18.3 Å². The maximum Gasteiger partial charge on any atom is 0.246 e. The first-order valence-corrected chi connectivity index (χ1v) is 21.6. The van der Waals surface area contributed by atoms with Crippen LogP contribution in [0.2, 0.25) is 0 Å². The number of nitrogens with zero attached hydrogens (tertiary/aromatic N) is 4. The molecule has 3 aromatic carbocycles. The molecule has 2 aromatic heterocycles. The molecule has 5 aromatic rings. The van der Waals surface area contributed by atoms with Gasteiger partial charge in [-0.15, -0.1) is 5.10 Å². The zero-order valence-corrected chi connectivity index (χ0v) is 34.2. The second kappa shape index (κ2) is 19.9. The van der Waals surface area contributed by atoms with Crippen LogP contribution in [-0.2, 0) is 40.2 Å². The number of hydrogen-bond donors (Lipinski definition) is 4. The number of aryl methyl sites for hydroxylation is 3. The Labute approximate surface area is 342 Å². The number of para-hydroxylation sites is 1. The van der Waals surface area contributed by atoms with E-state index in [1.807, 2.05) is 71.7 Å². The van der Waals surface area contributed by atoms with E-state index in [-0.39, 0.29) is 23.8 Å². The number of unbranched alkanes of at least 4 members (excludes halogenated alkanes) is 3. The number of rotatable bonds is 18. The van der Waals surface area contributed by atoms with Crippen LogP contribution in [0.25, 0.3) is 10.9 Å². The summed E-state index contributed by atoms with van der Waals surface area (Å²) < 4.78 is 1.87. The molecule has 306 valence electrons. The van der Waals surface area contributed by atoms with E-state index in [0.717, 1.165) is 79.9 Å². The molecular weight excluding hydrogens is 725 g/mol. The third-order valence-corrected chi connectivity index (χ3v) is 12.2. The van der Waals surface area contributed by atoms with Crippen LogP contribution in [0.15, 0.2) is 91.3 Å². The number of nitrogens with one attached hydrogen (secondary N) is 4. The van der Waals surface area contributed by atoms with Gasteiger partial charge >= 0.3 is 0 Å². The van der Waals surface area contributed by atoms with Crippen LogP contribution in [0.4, 0.5) is 0 Å². The average Bonchev–Trinajstić information content (AvgIpc) is 4.01. The zero-order valence-electron chi connectivity index (χ0n) is 34.2. The van der Waals surface area contributed by atoms with E-state index in [9.17, 15) is 14.4 Å². The summed E-state index contributed by atoms with van der Waals surface area (Å²) in [5, 5.41) is 19.6. The first-order chi connectivity index (χ1) is 28.4. The molecule has 11 nitrogen and oxygen atoms in total. The number of carbonyl (C=O) groups is 3. The lowest BCUT2D eigenvalue weighted by Crippen LogP contribution is -2.58. The number of aromatic amines is 1. The third kappa shape index (κ3) is 10.0. The lowest BCUT2D eigenvalue weighted by Gasteiger charge is -2.36. The van der Waals surface area contributed by atoms with Crippen LogP contribution >= 0.6 is 0 Å². The maximum absolute atomic E-state index is 14.4. The maximum atomic E-state index is 14.4. The molecule has 0 aliphatic carbocycles. The zero-order chi connectivity index (χ0) is 40.3. The smallest absolute Gasteiger partial charge is 0.246 e. The minimum absolute atomic E-state index is 0.0472. The predicted octanol–water partition coefficient (Wildman–Crippen LogP) is 6.97. The third-order valence-electron chi connectivity index (χ3n) is 12.2. The molecule has 0 radical (unpaired) electrons. The van der Waals surface area contributed by atoms with Gasteiger partial charge in [-0.05, 0) is 99.6 Å². The van der Waals surface area contributed by atoms with Crippen molar-refractivity contribution in [3.63, 3.8) is 0 Å². The van der Waals surface area contributed by atoms with Crippen LogP contribution in [0.5, 0.6) is 0 Å². The summed E-state index contributed by atoms with van der Waals surface area (Å²) in [7, 11) is 1.77. The van der Waals surface area contributed by atoms with Gasteiger partial charge in [0.2, 0.25) is 17.7 Å². The van der Waals surface area contributed by atoms with Crippen molar-refractivity contribution in [2.75, 3.05) is 7.05 Å². The Morgan fingerprint density at radius 1 is 0.862 bits per heavy atom. The second-order valence-corrected chi connectivity index (χ2v) is 16.2. The van der Waals surface area contributed by atoms with Crippen molar-refractivity contribution >= 4 is 28.6 Å². The van der Waals surface area contributed by atoms with Gasteiger partial charge in [0.25, 0.3) is 0 Å². The molecule has 0 saturated carbocycles. The summed E-state index contributed by atoms with van der Waals surface area (Å²) in [6.45, 7) is 2.97. The van der Waals surface area contributed by atoms with Crippen LogP contribution in [0.1, 0.15) is 112 Å². The summed E-state index contributed by atoms with van der Waals surface area (Å²) in [6.07, 6.45) is 16.7. The van der Waals surface area contributed by atoms with Crippen molar-refractivity contribution in [3.05, 3.63) is 119 Å². The second-order valence-electron chi connectivity index (χ2n) is 16.2. The molecule has 2 saturated heterocycles. The normalized spacial score (nSPS) is 19.3. The Morgan fingerprint density at radius 3 is 2.34 bits per heavy atom. The van der Waals surface area contributed by atoms with Gasteiger partial charge in [-0.3, -0.25) is 19.1 Å². The molecule has 3 amide bonds. The molecule has 0 spiro atoms. The first-order valence-electron chi connectivity index (χ1n) is 21.6. The van der Waals surface area contributed by atoms with E-state index in [2.05, 4.69) is 62.4 Å². The van der Waals surface area contributed by atoms with Crippen molar-refractivity contribution in [2.24, 2.45) is 0 Å². The van der Waals surface area contributed by atoms with E-state index in [0.29, 0.717) is 25.0 Å². The van der Waals surface area contributed by atoms with Crippen LogP contribution < -0.4 is 16.0 Å². The number of fused-ring (bicyclic) bond motifs is 2. The van der Waals surface area contributed by atoms with Gasteiger partial charge < -0.3 is 25.8 Å². The number of hydrogen-bond acceptors (Lipinski definition) is 6. The van der Waals surface area contributed by atoms with Crippen LogP contribution in [-0.4, -0.2) is 73.8 Å². The van der Waals surface area contributed by atoms with Gasteiger partial charge in [-0.1, -0.05) is 111 Å². The first kappa shape index (κ1) is 40.9. The van der Waals surface area contributed by atoms with Gasteiger partial charge in [0.1, 0.15) is 17.8 Å². The van der Waals surface area contributed by atoms with Gasteiger partial charge in [-0.25, -0.2) is 0 Å². The Kier molecular flexibility index (Phi) is 14.0.